The SMILES string of the molecule is CN(C)c1ccc(N=C2C=CC(=[N+](C)C)C=C2)cc1. The largest absolute Gasteiger partial charge is 0.378 e. The van der Waals surface area contributed by atoms with E-state index in [-0.39, 0.29) is 0 Å². The summed E-state index contributed by atoms with van der Waals surface area (Å²) in [4.78, 5) is 6.68. The Hall–Kier alpha value is -2.16. The van der Waals surface area contributed by atoms with Crippen LogP contribution in [0.1, 0.15) is 0 Å². The van der Waals surface area contributed by atoms with Crippen molar-refractivity contribution in [1.29, 1.82) is 0 Å². The minimum Gasteiger partial charge on any atom is -0.378 e. The number of rotatable bonds is 2. The molecule has 0 aromatic heterocycles. The van der Waals surface area contributed by atoms with Crippen molar-refractivity contribution in [3.8, 4) is 0 Å². The Kier molecular flexibility index (Phi) is 3.95. The van der Waals surface area contributed by atoms with Gasteiger partial charge in [-0.3, -0.25) is 0 Å². The van der Waals surface area contributed by atoms with Gasteiger partial charge in [0.05, 0.1) is 11.4 Å². The van der Waals surface area contributed by atoms with Gasteiger partial charge in [-0.15, -0.1) is 0 Å². The number of benzene rings is 1. The van der Waals surface area contributed by atoms with Crippen LogP contribution in [0.3, 0.4) is 0 Å². The van der Waals surface area contributed by atoms with E-state index in [9.17, 15) is 0 Å². The van der Waals surface area contributed by atoms with E-state index < -0.39 is 0 Å². The first-order valence-corrected chi connectivity index (χ1v) is 6.33. The number of hydrogen-bond acceptors (Lipinski definition) is 2. The molecular weight excluding hydrogens is 234 g/mol. The molecule has 1 aromatic rings. The van der Waals surface area contributed by atoms with Gasteiger partial charge in [-0.2, -0.15) is 0 Å². The van der Waals surface area contributed by atoms with E-state index in [1.165, 1.54) is 11.4 Å². The average Bonchev–Trinajstić information content (AvgIpc) is 2.40. The van der Waals surface area contributed by atoms with Gasteiger partial charge in [-0.1, -0.05) is 0 Å². The molecule has 0 atom stereocenters. The van der Waals surface area contributed by atoms with Crippen molar-refractivity contribution < 1.29 is 4.58 Å². The summed E-state index contributed by atoms with van der Waals surface area (Å²) in [7, 11) is 8.14. The molecule has 0 fully saturated rings. The Balaban J connectivity index is 2.18. The lowest BCUT2D eigenvalue weighted by molar-refractivity contribution is -0.462. The lowest BCUT2D eigenvalue weighted by Gasteiger charge is -2.11. The fraction of sp³-hybridized carbons (Fsp3) is 0.250. The zero-order valence-corrected chi connectivity index (χ0v) is 12.0. The average molecular weight is 254 g/mol. The molecule has 0 radical (unpaired) electrons. The van der Waals surface area contributed by atoms with Crippen LogP contribution >= 0.6 is 0 Å². The highest BCUT2D eigenvalue weighted by Gasteiger charge is 2.05. The van der Waals surface area contributed by atoms with Crippen LogP contribution in [0.25, 0.3) is 0 Å². The summed E-state index contributed by atoms with van der Waals surface area (Å²) >= 11 is 0. The monoisotopic (exact) mass is 254 g/mol. The van der Waals surface area contributed by atoms with Gasteiger partial charge in [0.2, 0.25) is 0 Å². The van der Waals surface area contributed by atoms with Gasteiger partial charge in [0.1, 0.15) is 14.1 Å². The van der Waals surface area contributed by atoms with E-state index in [1.54, 1.807) is 0 Å². The van der Waals surface area contributed by atoms with E-state index >= 15 is 0 Å². The number of allylic oxidation sites excluding steroid dienone is 4. The number of hydrogen-bond donors (Lipinski definition) is 0. The summed E-state index contributed by atoms with van der Waals surface area (Å²) < 4.78 is 2.08. The molecule has 19 heavy (non-hydrogen) atoms. The number of aliphatic imine (C=N–C) groups is 1. The zero-order valence-electron chi connectivity index (χ0n) is 12.0. The van der Waals surface area contributed by atoms with E-state index in [2.05, 4.69) is 38.8 Å². The molecule has 2 rings (SSSR count). The van der Waals surface area contributed by atoms with Crippen molar-refractivity contribution >= 4 is 22.8 Å². The van der Waals surface area contributed by atoms with Crippen molar-refractivity contribution in [2.45, 2.75) is 0 Å². The number of nitrogens with zero attached hydrogens (tertiary/aromatic N) is 3. The molecule has 0 unspecified atom stereocenters. The first kappa shape index (κ1) is 13.3. The molecular formula is C16H20N3+. The Bertz CT molecular complexity index is 551. The topological polar surface area (TPSA) is 18.6 Å². The second-order valence-corrected chi connectivity index (χ2v) is 4.93. The molecule has 0 saturated carbocycles. The molecule has 0 saturated heterocycles. The normalized spacial score (nSPS) is 13.7. The van der Waals surface area contributed by atoms with E-state index in [1.807, 2.05) is 52.5 Å². The first-order chi connectivity index (χ1) is 9.06. The highest BCUT2D eigenvalue weighted by molar-refractivity contribution is 6.17. The van der Waals surface area contributed by atoms with Crippen molar-refractivity contribution in [3.63, 3.8) is 0 Å². The van der Waals surface area contributed by atoms with Gasteiger partial charge in [0.25, 0.3) is 0 Å². The summed E-state index contributed by atoms with van der Waals surface area (Å²) in [6.07, 6.45) is 8.23. The van der Waals surface area contributed by atoms with Crippen LogP contribution in [-0.4, -0.2) is 44.2 Å². The summed E-state index contributed by atoms with van der Waals surface area (Å²) in [6, 6.07) is 8.23. The number of anilines is 1. The summed E-state index contributed by atoms with van der Waals surface area (Å²) in [6.45, 7) is 0. The molecule has 1 aliphatic carbocycles. The molecule has 0 heterocycles. The van der Waals surface area contributed by atoms with Crippen molar-refractivity contribution in [2.75, 3.05) is 33.1 Å². The summed E-state index contributed by atoms with van der Waals surface area (Å²) in [5.74, 6) is 0. The lowest BCUT2D eigenvalue weighted by Crippen LogP contribution is -2.11. The van der Waals surface area contributed by atoms with E-state index in [0.29, 0.717) is 0 Å². The minimum absolute atomic E-state index is 0.975. The first-order valence-electron chi connectivity index (χ1n) is 6.33. The molecule has 0 N–H and O–H groups in total. The Labute approximate surface area is 114 Å². The molecule has 1 aliphatic rings. The third kappa shape index (κ3) is 3.41. The highest BCUT2D eigenvalue weighted by Crippen LogP contribution is 2.18. The van der Waals surface area contributed by atoms with Gasteiger partial charge >= 0.3 is 0 Å². The summed E-state index contributed by atoms with van der Waals surface area (Å²) in [5, 5.41) is 0. The fourth-order valence-corrected chi connectivity index (χ4v) is 1.80. The Morgan fingerprint density at radius 2 is 1.47 bits per heavy atom. The van der Waals surface area contributed by atoms with E-state index in [0.717, 1.165) is 11.4 Å². The third-order valence-electron chi connectivity index (χ3n) is 2.99. The van der Waals surface area contributed by atoms with Crippen molar-refractivity contribution in [2.24, 2.45) is 4.99 Å². The predicted molar refractivity (Wildman–Crippen MR) is 83.3 cm³/mol. The highest BCUT2D eigenvalue weighted by atomic mass is 15.1. The van der Waals surface area contributed by atoms with Crippen LogP contribution in [-0.2, 0) is 0 Å². The van der Waals surface area contributed by atoms with Gasteiger partial charge in [-0.05, 0) is 36.4 Å². The van der Waals surface area contributed by atoms with Crippen LogP contribution < -0.4 is 4.90 Å². The van der Waals surface area contributed by atoms with Crippen LogP contribution in [0.2, 0.25) is 0 Å². The van der Waals surface area contributed by atoms with E-state index in [4.69, 9.17) is 0 Å². The van der Waals surface area contributed by atoms with Gasteiger partial charge in [0.15, 0.2) is 5.71 Å². The van der Waals surface area contributed by atoms with Crippen LogP contribution in [0.4, 0.5) is 11.4 Å². The molecule has 3 nitrogen and oxygen atoms in total. The lowest BCUT2D eigenvalue weighted by atomic mass is 10.1. The standard InChI is InChI=1S/C16H20N3/c1-18(2)15-9-5-13(6-10-15)17-14-7-11-16(12-8-14)19(3)4/h5-12H,1-4H3/q+1. The van der Waals surface area contributed by atoms with Crippen molar-refractivity contribution in [1.82, 2.24) is 0 Å². The van der Waals surface area contributed by atoms with Gasteiger partial charge in [0, 0.05) is 31.9 Å². The molecule has 0 bridgehead atoms. The minimum atomic E-state index is 0.975. The Morgan fingerprint density at radius 1 is 0.895 bits per heavy atom. The molecule has 0 aliphatic heterocycles. The maximum absolute atomic E-state index is 4.60. The maximum atomic E-state index is 4.60. The zero-order chi connectivity index (χ0) is 13.8. The van der Waals surface area contributed by atoms with Crippen LogP contribution in [0.5, 0.6) is 0 Å². The molecule has 1 aromatic carbocycles. The smallest absolute Gasteiger partial charge is 0.199 e. The second kappa shape index (κ2) is 5.65. The van der Waals surface area contributed by atoms with Crippen LogP contribution in [0.15, 0.2) is 53.6 Å². The molecule has 98 valence electrons. The second-order valence-electron chi connectivity index (χ2n) is 4.93. The van der Waals surface area contributed by atoms with Gasteiger partial charge in [-0.25, -0.2) is 9.57 Å². The quantitative estimate of drug-likeness (QED) is 0.586. The molecule has 0 amide bonds. The summed E-state index contributed by atoms with van der Waals surface area (Å²) in [5.41, 5.74) is 4.32. The van der Waals surface area contributed by atoms with Crippen LogP contribution in [0, 0.1) is 0 Å². The fourth-order valence-electron chi connectivity index (χ4n) is 1.80. The molecule has 3 heteroatoms. The van der Waals surface area contributed by atoms with Crippen molar-refractivity contribution in [3.05, 3.63) is 48.6 Å². The Morgan fingerprint density at radius 3 is 1.95 bits per heavy atom. The maximum Gasteiger partial charge on any atom is 0.199 e. The van der Waals surface area contributed by atoms with Gasteiger partial charge < -0.3 is 4.90 Å². The predicted octanol–water partition coefficient (Wildman–Crippen LogP) is 2.66. The molecule has 0 spiro atoms. The third-order valence-corrected chi connectivity index (χ3v) is 2.99.